The summed E-state index contributed by atoms with van der Waals surface area (Å²) in [5.74, 6) is -3.04. The number of alkyl halides is 6. The van der Waals surface area contributed by atoms with Gasteiger partial charge in [0.15, 0.2) is 0 Å². The zero-order valence-corrected chi connectivity index (χ0v) is 11.0. The number of carbonyl (C=O) groups is 2. The molecule has 1 aliphatic rings. The fraction of sp³-hybridized carbons (Fsp3) is 0.818. The van der Waals surface area contributed by atoms with Crippen LogP contribution in [-0.2, 0) is 9.59 Å². The highest BCUT2D eigenvalue weighted by Crippen LogP contribution is 2.32. The number of amides is 2. The Bertz CT molecular complexity index is 406. The molecule has 1 saturated heterocycles. The van der Waals surface area contributed by atoms with Crippen molar-refractivity contribution in [2.24, 2.45) is 0 Å². The minimum atomic E-state index is -5.11. The van der Waals surface area contributed by atoms with Crippen LogP contribution in [0.2, 0.25) is 0 Å². The van der Waals surface area contributed by atoms with E-state index in [1.807, 2.05) is 0 Å². The van der Waals surface area contributed by atoms with Crippen LogP contribution in [0.5, 0.6) is 0 Å². The third-order valence-electron chi connectivity index (χ3n) is 3.18. The molecule has 1 N–H and O–H groups in total. The minimum absolute atomic E-state index is 0.202. The van der Waals surface area contributed by atoms with Gasteiger partial charge >= 0.3 is 18.3 Å². The van der Waals surface area contributed by atoms with Crippen molar-refractivity contribution in [1.82, 2.24) is 10.2 Å². The molecule has 0 bridgehead atoms. The van der Waals surface area contributed by atoms with E-state index in [0.29, 0.717) is 4.90 Å². The monoisotopic (exact) mass is 320 g/mol. The maximum Gasteiger partial charge on any atom is 0.471 e. The van der Waals surface area contributed by atoms with Crippen molar-refractivity contribution in [2.75, 3.05) is 6.54 Å². The number of nitrogens with one attached hydrogen (secondary N) is 1. The normalized spacial score (nSPS) is 23.9. The Labute approximate surface area is 116 Å². The summed E-state index contributed by atoms with van der Waals surface area (Å²) in [5.41, 5.74) is 0. The van der Waals surface area contributed by atoms with Crippen LogP contribution >= 0.6 is 0 Å². The van der Waals surface area contributed by atoms with Crippen molar-refractivity contribution in [1.29, 1.82) is 0 Å². The molecule has 0 unspecified atom stereocenters. The lowest BCUT2D eigenvalue weighted by molar-refractivity contribution is -0.198. The zero-order chi connectivity index (χ0) is 16.4. The van der Waals surface area contributed by atoms with E-state index in [9.17, 15) is 35.9 Å². The first-order chi connectivity index (χ1) is 9.46. The quantitative estimate of drug-likeness (QED) is 0.791. The summed E-state index contributed by atoms with van der Waals surface area (Å²) < 4.78 is 74.8. The topological polar surface area (TPSA) is 49.4 Å². The second kappa shape index (κ2) is 6.10. The van der Waals surface area contributed by atoms with E-state index in [-0.39, 0.29) is 12.8 Å². The van der Waals surface area contributed by atoms with Gasteiger partial charge in [-0.25, -0.2) is 0 Å². The summed E-state index contributed by atoms with van der Waals surface area (Å²) in [4.78, 5) is 22.8. The van der Waals surface area contributed by atoms with Gasteiger partial charge in [0.05, 0.1) is 0 Å². The first kappa shape index (κ1) is 17.6. The van der Waals surface area contributed by atoms with Gasteiger partial charge < -0.3 is 10.2 Å². The second-order valence-electron chi connectivity index (χ2n) is 4.70. The lowest BCUT2D eigenvalue weighted by Gasteiger charge is -2.40. The van der Waals surface area contributed by atoms with Crippen LogP contribution in [0.25, 0.3) is 0 Å². The van der Waals surface area contributed by atoms with Crippen LogP contribution < -0.4 is 5.32 Å². The number of nitrogens with zero attached hydrogens (tertiary/aromatic N) is 1. The number of hydrogen-bond donors (Lipinski definition) is 1. The SMILES string of the molecule is CCC(=O)N1C[C@@H](NC(=O)C(F)(F)F)CC[C@H]1C(F)(F)F. The Kier molecular flexibility index (Phi) is 5.11. The lowest BCUT2D eigenvalue weighted by atomic mass is 9.97. The molecule has 122 valence electrons. The lowest BCUT2D eigenvalue weighted by Crippen LogP contribution is -2.59. The molecule has 1 fully saturated rings. The molecule has 0 aromatic heterocycles. The fourth-order valence-corrected chi connectivity index (χ4v) is 2.17. The van der Waals surface area contributed by atoms with Crippen LogP contribution in [0.15, 0.2) is 0 Å². The summed E-state index contributed by atoms with van der Waals surface area (Å²) >= 11 is 0. The number of hydrogen-bond acceptors (Lipinski definition) is 2. The van der Waals surface area contributed by atoms with Crippen molar-refractivity contribution in [3.05, 3.63) is 0 Å². The molecule has 0 radical (unpaired) electrons. The average molecular weight is 320 g/mol. The highest BCUT2D eigenvalue weighted by Gasteiger charge is 2.48. The smallest absolute Gasteiger partial charge is 0.344 e. The Morgan fingerprint density at radius 2 is 1.71 bits per heavy atom. The molecule has 0 aliphatic carbocycles. The van der Waals surface area contributed by atoms with Gasteiger partial charge in [-0.1, -0.05) is 6.92 Å². The summed E-state index contributed by atoms with van der Waals surface area (Å²) in [5, 5.41) is 1.61. The number of likely N-dealkylation sites (tertiary alicyclic amines) is 1. The molecule has 10 heteroatoms. The van der Waals surface area contributed by atoms with Crippen LogP contribution in [0, 0.1) is 0 Å². The van der Waals surface area contributed by atoms with Crippen molar-refractivity contribution >= 4 is 11.8 Å². The first-order valence-electron chi connectivity index (χ1n) is 6.20. The number of rotatable bonds is 2. The fourth-order valence-electron chi connectivity index (χ4n) is 2.17. The summed E-state index contributed by atoms with van der Waals surface area (Å²) in [7, 11) is 0. The van der Waals surface area contributed by atoms with E-state index in [1.54, 1.807) is 5.32 Å². The van der Waals surface area contributed by atoms with Crippen molar-refractivity contribution < 1.29 is 35.9 Å². The molecule has 0 saturated carbocycles. The van der Waals surface area contributed by atoms with Gasteiger partial charge in [-0.15, -0.1) is 0 Å². The van der Waals surface area contributed by atoms with Crippen LogP contribution in [0.1, 0.15) is 26.2 Å². The van der Waals surface area contributed by atoms with E-state index < -0.39 is 49.2 Å². The van der Waals surface area contributed by atoms with Crippen molar-refractivity contribution in [2.45, 2.75) is 50.6 Å². The van der Waals surface area contributed by atoms with E-state index in [4.69, 9.17) is 0 Å². The molecule has 4 nitrogen and oxygen atoms in total. The number of carbonyl (C=O) groups excluding carboxylic acids is 2. The van der Waals surface area contributed by atoms with Gasteiger partial charge in [-0.3, -0.25) is 9.59 Å². The highest BCUT2D eigenvalue weighted by atomic mass is 19.4. The van der Waals surface area contributed by atoms with Gasteiger partial charge in [0.25, 0.3) is 0 Å². The molecule has 0 spiro atoms. The van der Waals surface area contributed by atoms with Crippen LogP contribution in [-0.4, -0.2) is 47.7 Å². The van der Waals surface area contributed by atoms with E-state index in [0.717, 1.165) is 0 Å². The van der Waals surface area contributed by atoms with Crippen LogP contribution in [0.3, 0.4) is 0 Å². The molecule has 2 amide bonds. The highest BCUT2D eigenvalue weighted by molar-refractivity contribution is 5.82. The van der Waals surface area contributed by atoms with Gasteiger partial charge in [0.2, 0.25) is 5.91 Å². The van der Waals surface area contributed by atoms with E-state index in [1.165, 1.54) is 6.92 Å². The van der Waals surface area contributed by atoms with Gasteiger partial charge in [-0.05, 0) is 12.8 Å². The Hall–Kier alpha value is -1.48. The predicted molar refractivity (Wildman–Crippen MR) is 59.1 cm³/mol. The van der Waals surface area contributed by atoms with Crippen LogP contribution in [0.4, 0.5) is 26.3 Å². The van der Waals surface area contributed by atoms with Gasteiger partial charge in [0, 0.05) is 19.0 Å². The average Bonchev–Trinajstić information content (AvgIpc) is 2.35. The number of halogens is 6. The molecule has 1 rings (SSSR count). The molecule has 1 heterocycles. The third-order valence-corrected chi connectivity index (χ3v) is 3.18. The molecular formula is C11H14F6N2O2. The Balaban J connectivity index is 2.80. The predicted octanol–water partition coefficient (Wildman–Crippen LogP) is 2.00. The maximum atomic E-state index is 12.8. The number of piperidine rings is 1. The molecule has 2 atom stereocenters. The second-order valence-corrected chi connectivity index (χ2v) is 4.70. The Morgan fingerprint density at radius 3 is 2.14 bits per heavy atom. The van der Waals surface area contributed by atoms with E-state index >= 15 is 0 Å². The summed E-state index contributed by atoms with van der Waals surface area (Å²) in [6.07, 6.45) is -10.8. The molecule has 21 heavy (non-hydrogen) atoms. The Morgan fingerprint density at radius 1 is 1.14 bits per heavy atom. The maximum absolute atomic E-state index is 12.8. The molecular weight excluding hydrogens is 306 g/mol. The largest absolute Gasteiger partial charge is 0.471 e. The molecule has 1 aliphatic heterocycles. The first-order valence-corrected chi connectivity index (χ1v) is 6.20. The van der Waals surface area contributed by atoms with Gasteiger partial charge in [0.1, 0.15) is 6.04 Å². The molecule has 0 aromatic rings. The summed E-state index contributed by atoms with van der Waals surface area (Å²) in [6, 6.07) is -3.17. The van der Waals surface area contributed by atoms with E-state index in [2.05, 4.69) is 0 Å². The standard InChI is InChI=1S/C11H14F6N2O2/c1-2-8(20)19-5-6(18-9(21)11(15,16)17)3-4-7(19)10(12,13)14/h6-7H,2-5H2,1H3,(H,18,21)/t6-,7-/m0/s1. The minimum Gasteiger partial charge on any atom is -0.344 e. The van der Waals surface area contributed by atoms with Crippen molar-refractivity contribution in [3.63, 3.8) is 0 Å². The molecule has 0 aromatic carbocycles. The summed E-state index contributed by atoms with van der Waals surface area (Å²) in [6.45, 7) is 0.770. The zero-order valence-electron chi connectivity index (χ0n) is 11.0. The van der Waals surface area contributed by atoms with Gasteiger partial charge in [-0.2, -0.15) is 26.3 Å². The van der Waals surface area contributed by atoms with Crippen molar-refractivity contribution in [3.8, 4) is 0 Å². The third kappa shape index (κ3) is 4.50.